The van der Waals surface area contributed by atoms with E-state index in [0.29, 0.717) is 11.1 Å². The predicted octanol–water partition coefficient (Wildman–Crippen LogP) is 0.134. The van der Waals surface area contributed by atoms with Crippen LogP contribution in [-0.4, -0.2) is 56.7 Å². The van der Waals surface area contributed by atoms with Crippen molar-refractivity contribution >= 4 is 29.2 Å². The van der Waals surface area contributed by atoms with E-state index >= 15 is 0 Å². The predicted molar refractivity (Wildman–Crippen MR) is 106 cm³/mol. The normalized spacial score (nSPS) is 24.9. The average Bonchev–Trinajstić information content (AvgIpc) is 3.35. The second kappa shape index (κ2) is 8.04. The van der Waals surface area contributed by atoms with E-state index in [1.165, 1.54) is 36.1 Å². The Bertz CT molecular complexity index is 1060. The summed E-state index contributed by atoms with van der Waals surface area (Å²) >= 11 is 0. The van der Waals surface area contributed by atoms with Crippen molar-refractivity contribution in [3.8, 4) is 0 Å². The Morgan fingerprint density at radius 1 is 1.38 bits per heavy atom. The molecular formula is C20H20N4O8. The molecule has 168 valence electrons. The SMILES string of the molecule is C[C@@H](O)[C@H]1C(=O)N2C(C(=O)OCc3ccc([N+](=O)[O-])cc3)=C([C@H]3CC(C(N)=O)=NO3)C[C@H]12. The van der Waals surface area contributed by atoms with Crippen LogP contribution in [-0.2, 0) is 30.6 Å². The van der Waals surface area contributed by atoms with E-state index in [4.69, 9.17) is 15.3 Å². The van der Waals surface area contributed by atoms with Gasteiger partial charge in [-0.3, -0.25) is 19.7 Å². The minimum atomic E-state index is -0.901. The number of nitrogens with two attached hydrogens (primary N) is 1. The van der Waals surface area contributed by atoms with Crippen molar-refractivity contribution in [3.63, 3.8) is 0 Å². The smallest absolute Gasteiger partial charge is 0.355 e. The Hall–Kier alpha value is -3.80. The number of β-lactam (4-membered cyclic amide) rings is 1. The number of primary amides is 1. The van der Waals surface area contributed by atoms with Gasteiger partial charge in [-0.2, -0.15) is 0 Å². The Labute approximate surface area is 181 Å². The lowest BCUT2D eigenvalue weighted by molar-refractivity contribution is -0.384. The van der Waals surface area contributed by atoms with E-state index in [1.807, 2.05) is 0 Å². The Kier molecular flexibility index (Phi) is 5.38. The maximum atomic E-state index is 13.0. The van der Waals surface area contributed by atoms with Gasteiger partial charge in [0.05, 0.1) is 23.0 Å². The number of benzene rings is 1. The molecule has 4 rings (SSSR count). The summed E-state index contributed by atoms with van der Waals surface area (Å²) < 4.78 is 5.37. The number of amides is 2. The molecule has 0 spiro atoms. The molecule has 12 nitrogen and oxygen atoms in total. The van der Waals surface area contributed by atoms with E-state index in [9.17, 15) is 29.6 Å². The highest BCUT2D eigenvalue weighted by molar-refractivity contribution is 6.38. The first-order chi connectivity index (χ1) is 15.2. The zero-order valence-corrected chi connectivity index (χ0v) is 17.0. The van der Waals surface area contributed by atoms with Gasteiger partial charge in [0.2, 0.25) is 5.91 Å². The molecule has 0 bridgehead atoms. The van der Waals surface area contributed by atoms with Gasteiger partial charge in [0.1, 0.15) is 18.0 Å². The number of ether oxygens (including phenoxy) is 1. The maximum absolute atomic E-state index is 13.0. The minimum absolute atomic E-state index is 0.00438. The van der Waals surface area contributed by atoms with Crippen LogP contribution < -0.4 is 5.73 Å². The van der Waals surface area contributed by atoms with Crippen LogP contribution >= 0.6 is 0 Å². The molecule has 3 aliphatic heterocycles. The van der Waals surface area contributed by atoms with Crippen molar-refractivity contribution in [2.45, 2.75) is 44.6 Å². The first-order valence-corrected chi connectivity index (χ1v) is 9.86. The van der Waals surface area contributed by atoms with E-state index < -0.39 is 46.9 Å². The minimum Gasteiger partial charge on any atom is -0.456 e. The van der Waals surface area contributed by atoms with Gasteiger partial charge in [-0.15, -0.1) is 0 Å². The van der Waals surface area contributed by atoms with Gasteiger partial charge in [0.25, 0.3) is 11.6 Å². The Morgan fingerprint density at radius 3 is 2.62 bits per heavy atom. The van der Waals surface area contributed by atoms with Crippen molar-refractivity contribution in [2.75, 3.05) is 0 Å². The number of nitro groups is 1. The van der Waals surface area contributed by atoms with Crippen molar-refractivity contribution in [1.82, 2.24) is 4.90 Å². The van der Waals surface area contributed by atoms with Crippen LogP contribution in [0.4, 0.5) is 5.69 Å². The Morgan fingerprint density at radius 2 is 2.06 bits per heavy atom. The molecule has 1 saturated heterocycles. The van der Waals surface area contributed by atoms with Crippen molar-refractivity contribution in [2.24, 2.45) is 16.8 Å². The van der Waals surface area contributed by atoms with E-state index in [0.717, 1.165) is 0 Å². The number of nitro benzene ring substituents is 1. The number of fused-ring (bicyclic) bond motifs is 1. The van der Waals surface area contributed by atoms with Gasteiger partial charge in [-0.1, -0.05) is 5.16 Å². The molecule has 1 aromatic rings. The fourth-order valence-corrected chi connectivity index (χ4v) is 4.22. The lowest BCUT2D eigenvalue weighted by Crippen LogP contribution is -2.61. The monoisotopic (exact) mass is 444 g/mol. The Balaban J connectivity index is 1.54. The third-order valence-electron chi connectivity index (χ3n) is 5.82. The number of nitrogens with zero attached hydrogens (tertiary/aromatic N) is 3. The molecule has 2 amide bonds. The number of hydrogen-bond donors (Lipinski definition) is 2. The van der Waals surface area contributed by atoms with Gasteiger partial charge in [-0.05, 0) is 31.0 Å². The second-order valence-corrected chi connectivity index (χ2v) is 7.82. The highest BCUT2D eigenvalue weighted by Gasteiger charge is 2.58. The molecule has 12 heteroatoms. The summed E-state index contributed by atoms with van der Waals surface area (Å²) in [5.41, 5.74) is 6.15. The number of aliphatic hydroxyl groups excluding tert-OH is 1. The lowest BCUT2D eigenvalue weighted by Gasteiger charge is -2.44. The number of esters is 1. The molecule has 1 aromatic carbocycles. The summed E-state index contributed by atoms with van der Waals surface area (Å²) in [6.45, 7) is 1.33. The molecule has 32 heavy (non-hydrogen) atoms. The zero-order valence-electron chi connectivity index (χ0n) is 17.0. The van der Waals surface area contributed by atoms with E-state index in [-0.39, 0.29) is 36.5 Å². The van der Waals surface area contributed by atoms with Crippen LogP contribution in [0.3, 0.4) is 0 Å². The molecule has 0 unspecified atom stereocenters. The number of rotatable bonds is 7. The maximum Gasteiger partial charge on any atom is 0.355 e. The molecule has 3 aliphatic rings. The third kappa shape index (κ3) is 3.58. The number of oxime groups is 1. The van der Waals surface area contributed by atoms with Gasteiger partial charge in [-0.25, -0.2) is 4.79 Å². The first kappa shape index (κ1) is 21.4. The number of aliphatic hydroxyl groups is 1. The zero-order chi connectivity index (χ0) is 23.2. The van der Waals surface area contributed by atoms with Crippen LogP contribution in [0.15, 0.2) is 40.7 Å². The van der Waals surface area contributed by atoms with Crippen LogP contribution in [0.1, 0.15) is 25.3 Å². The summed E-state index contributed by atoms with van der Waals surface area (Å²) in [4.78, 5) is 53.8. The molecule has 0 aromatic heterocycles. The highest BCUT2D eigenvalue weighted by atomic mass is 16.6. The number of carbonyl (C=O) groups excluding carboxylic acids is 3. The molecular weight excluding hydrogens is 424 g/mol. The molecule has 0 aliphatic carbocycles. The largest absolute Gasteiger partial charge is 0.456 e. The molecule has 0 radical (unpaired) electrons. The molecule has 1 fully saturated rings. The van der Waals surface area contributed by atoms with Crippen molar-refractivity contribution < 1.29 is 34.0 Å². The lowest BCUT2D eigenvalue weighted by atomic mass is 9.82. The quantitative estimate of drug-likeness (QED) is 0.258. The average molecular weight is 444 g/mol. The summed E-state index contributed by atoms with van der Waals surface area (Å²) in [5, 5.41) is 24.4. The summed E-state index contributed by atoms with van der Waals surface area (Å²) in [6, 6.07) is 5.08. The molecule has 4 atom stereocenters. The van der Waals surface area contributed by atoms with Gasteiger partial charge >= 0.3 is 5.97 Å². The second-order valence-electron chi connectivity index (χ2n) is 7.82. The van der Waals surface area contributed by atoms with Gasteiger partial charge in [0.15, 0.2) is 6.10 Å². The summed E-state index contributed by atoms with van der Waals surface area (Å²) in [5.74, 6) is -2.59. The van der Waals surface area contributed by atoms with E-state index in [2.05, 4.69) is 5.16 Å². The fraction of sp³-hybridized carbons (Fsp3) is 0.400. The first-order valence-electron chi connectivity index (χ1n) is 9.86. The summed E-state index contributed by atoms with van der Waals surface area (Å²) in [6.07, 6.45) is -1.34. The molecule has 3 heterocycles. The topological polar surface area (TPSA) is 175 Å². The van der Waals surface area contributed by atoms with Crippen LogP contribution in [0.5, 0.6) is 0 Å². The highest BCUT2D eigenvalue weighted by Crippen LogP contribution is 2.46. The van der Waals surface area contributed by atoms with Crippen LogP contribution in [0.25, 0.3) is 0 Å². The van der Waals surface area contributed by atoms with Gasteiger partial charge in [0, 0.05) is 24.1 Å². The van der Waals surface area contributed by atoms with Crippen molar-refractivity contribution in [1.29, 1.82) is 0 Å². The van der Waals surface area contributed by atoms with Gasteiger partial charge < -0.3 is 25.3 Å². The van der Waals surface area contributed by atoms with Crippen molar-refractivity contribution in [3.05, 3.63) is 51.2 Å². The third-order valence-corrected chi connectivity index (χ3v) is 5.82. The number of non-ortho nitro benzene ring substituents is 1. The molecule has 3 N–H and O–H groups in total. The standard InChI is InChI=1S/C20H20N4O8/c1-9(25)16-14-6-12(15-7-13(18(21)26)22-32-15)17(23(14)19(16)27)20(28)31-8-10-2-4-11(5-3-10)24(29)30/h2-5,9,14-16,25H,6-8H2,1H3,(H2,21,26)/t9-,14-,15-,16-/m1/s1. The fourth-order valence-electron chi connectivity index (χ4n) is 4.22. The molecule has 0 saturated carbocycles. The van der Waals surface area contributed by atoms with E-state index in [1.54, 1.807) is 0 Å². The number of carbonyl (C=O) groups is 3. The number of hydrogen-bond acceptors (Lipinski definition) is 9. The summed E-state index contributed by atoms with van der Waals surface area (Å²) in [7, 11) is 0. The van der Waals surface area contributed by atoms with Crippen LogP contribution in [0, 0.1) is 16.0 Å². The van der Waals surface area contributed by atoms with Crippen LogP contribution in [0.2, 0.25) is 0 Å².